The molecular weight excluding hydrogens is 331 g/mol. The molecule has 0 saturated carbocycles. The van der Waals surface area contributed by atoms with Crippen LogP contribution in [0.2, 0.25) is 0 Å². The second kappa shape index (κ2) is 6.48. The molecule has 26 heavy (non-hydrogen) atoms. The Bertz CT molecular complexity index is 1070. The number of aryl methyl sites for hydroxylation is 1. The van der Waals surface area contributed by atoms with Gasteiger partial charge >= 0.3 is 0 Å². The first-order chi connectivity index (χ1) is 12.6. The molecule has 130 valence electrons. The van der Waals surface area contributed by atoms with Gasteiger partial charge in [0.25, 0.3) is 0 Å². The largest absolute Gasteiger partial charge is 0.487 e. The van der Waals surface area contributed by atoms with E-state index in [0.29, 0.717) is 17.2 Å². The van der Waals surface area contributed by atoms with Crippen LogP contribution in [0.25, 0.3) is 16.9 Å². The van der Waals surface area contributed by atoms with Gasteiger partial charge in [-0.25, -0.2) is 14.4 Å². The van der Waals surface area contributed by atoms with Crippen LogP contribution in [-0.4, -0.2) is 14.4 Å². The summed E-state index contributed by atoms with van der Waals surface area (Å²) < 4.78 is 20.4. The van der Waals surface area contributed by atoms with Crippen molar-refractivity contribution in [2.24, 2.45) is 0 Å². The first kappa shape index (κ1) is 16.1. The summed E-state index contributed by atoms with van der Waals surface area (Å²) in [6.07, 6.45) is 5.57. The minimum Gasteiger partial charge on any atom is -0.487 e. The fourth-order valence-electron chi connectivity index (χ4n) is 2.75. The monoisotopic (exact) mass is 348 g/mol. The number of nitrogens with two attached hydrogens (primary N) is 1. The van der Waals surface area contributed by atoms with E-state index in [0.717, 1.165) is 22.4 Å². The molecule has 0 radical (unpaired) electrons. The topological polar surface area (TPSA) is 65.4 Å². The number of halogens is 1. The standard InChI is InChI=1S/C20H17FN4O/c1-13-2-7-19(22)18(8-13)14-9-23-20-24-16(11-25(20)10-14)12-26-17-5-3-15(21)4-6-17/h2-11H,12,22H2,1H3. The lowest BCUT2D eigenvalue weighted by Gasteiger charge is -2.07. The number of hydrogen-bond acceptors (Lipinski definition) is 4. The molecular formula is C20H17FN4O. The Kier molecular flexibility index (Phi) is 4.01. The normalized spacial score (nSPS) is 11.0. The Morgan fingerprint density at radius 2 is 1.92 bits per heavy atom. The lowest BCUT2D eigenvalue weighted by Crippen LogP contribution is -1.95. The first-order valence-electron chi connectivity index (χ1n) is 8.17. The molecule has 4 aromatic rings. The van der Waals surface area contributed by atoms with Crippen LogP contribution in [0.5, 0.6) is 5.75 Å². The molecule has 0 atom stereocenters. The molecule has 2 aromatic heterocycles. The molecule has 2 aromatic carbocycles. The molecule has 0 amide bonds. The van der Waals surface area contributed by atoms with E-state index in [4.69, 9.17) is 10.5 Å². The third-order valence-corrected chi connectivity index (χ3v) is 4.08. The summed E-state index contributed by atoms with van der Waals surface area (Å²) in [5.41, 5.74) is 10.5. The van der Waals surface area contributed by atoms with Crippen LogP contribution in [0.3, 0.4) is 0 Å². The van der Waals surface area contributed by atoms with Crippen molar-refractivity contribution in [1.29, 1.82) is 0 Å². The van der Waals surface area contributed by atoms with Gasteiger partial charge in [0.15, 0.2) is 0 Å². The maximum Gasteiger partial charge on any atom is 0.234 e. The lowest BCUT2D eigenvalue weighted by atomic mass is 10.0. The van der Waals surface area contributed by atoms with Gasteiger partial charge in [-0.3, -0.25) is 4.40 Å². The number of hydrogen-bond donors (Lipinski definition) is 1. The van der Waals surface area contributed by atoms with Crippen LogP contribution in [-0.2, 0) is 6.61 Å². The highest BCUT2D eigenvalue weighted by molar-refractivity contribution is 5.76. The third-order valence-electron chi connectivity index (χ3n) is 4.08. The summed E-state index contributed by atoms with van der Waals surface area (Å²) in [6, 6.07) is 11.8. The number of benzene rings is 2. The van der Waals surface area contributed by atoms with Gasteiger partial charge in [-0.2, -0.15) is 0 Å². The average molecular weight is 348 g/mol. The summed E-state index contributed by atoms with van der Waals surface area (Å²) in [5, 5.41) is 0. The number of imidazole rings is 1. The predicted octanol–water partition coefficient (Wildman–Crippen LogP) is 4.01. The van der Waals surface area contributed by atoms with Crippen LogP contribution in [0.1, 0.15) is 11.3 Å². The van der Waals surface area contributed by atoms with Crippen molar-refractivity contribution in [2.75, 3.05) is 5.73 Å². The fraction of sp³-hybridized carbons (Fsp3) is 0.100. The molecule has 0 fully saturated rings. The van der Waals surface area contributed by atoms with Gasteiger partial charge in [-0.05, 0) is 43.3 Å². The number of nitrogen functional groups attached to an aromatic ring is 1. The molecule has 6 heteroatoms. The van der Waals surface area contributed by atoms with Crippen molar-refractivity contribution in [3.8, 4) is 16.9 Å². The SMILES string of the molecule is Cc1ccc(N)c(-c2cnc3nc(COc4ccc(F)cc4)cn3c2)c1. The van der Waals surface area contributed by atoms with E-state index in [2.05, 4.69) is 9.97 Å². The van der Waals surface area contributed by atoms with Gasteiger partial charge in [0, 0.05) is 35.4 Å². The summed E-state index contributed by atoms with van der Waals surface area (Å²) in [7, 11) is 0. The van der Waals surface area contributed by atoms with Crippen LogP contribution in [0, 0.1) is 12.7 Å². The lowest BCUT2D eigenvalue weighted by molar-refractivity contribution is 0.301. The van der Waals surface area contributed by atoms with Crippen molar-refractivity contribution in [2.45, 2.75) is 13.5 Å². The number of ether oxygens (including phenoxy) is 1. The van der Waals surface area contributed by atoms with Crippen molar-refractivity contribution >= 4 is 11.5 Å². The average Bonchev–Trinajstić information content (AvgIpc) is 3.05. The molecule has 5 nitrogen and oxygen atoms in total. The van der Waals surface area contributed by atoms with Gasteiger partial charge in [0.2, 0.25) is 5.78 Å². The minimum atomic E-state index is -0.294. The summed E-state index contributed by atoms with van der Waals surface area (Å²) in [6.45, 7) is 2.30. The van der Waals surface area contributed by atoms with Gasteiger partial charge in [0.1, 0.15) is 18.2 Å². The Morgan fingerprint density at radius 3 is 2.73 bits per heavy atom. The molecule has 0 aliphatic heterocycles. The van der Waals surface area contributed by atoms with E-state index in [1.165, 1.54) is 12.1 Å². The van der Waals surface area contributed by atoms with Gasteiger partial charge in [-0.15, -0.1) is 0 Å². The number of fused-ring (bicyclic) bond motifs is 1. The zero-order valence-corrected chi connectivity index (χ0v) is 14.2. The second-order valence-corrected chi connectivity index (χ2v) is 6.12. The zero-order valence-electron chi connectivity index (χ0n) is 14.2. The number of aromatic nitrogens is 3. The van der Waals surface area contributed by atoms with Crippen LogP contribution in [0.15, 0.2) is 61.1 Å². The number of nitrogens with zero attached hydrogens (tertiary/aromatic N) is 3. The summed E-state index contributed by atoms with van der Waals surface area (Å²) in [5.74, 6) is 0.875. The predicted molar refractivity (Wildman–Crippen MR) is 98.3 cm³/mol. The first-order valence-corrected chi connectivity index (χ1v) is 8.17. The molecule has 0 saturated heterocycles. The zero-order chi connectivity index (χ0) is 18.1. The van der Waals surface area contributed by atoms with Crippen molar-refractivity contribution in [3.05, 3.63) is 78.1 Å². The quantitative estimate of drug-likeness (QED) is 0.566. The number of rotatable bonds is 4. The molecule has 4 rings (SSSR count). The van der Waals surface area contributed by atoms with Crippen molar-refractivity contribution in [3.63, 3.8) is 0 Å². The summed E-state index contributed by atoms with van der Waals surface area (Å²) in [4.78, 5) is 8.85. The minimum absolute atomic E-state index is 0.275. The van der Waals surface area contributed by atoms with E-state index in [9.17, 15) is 4.39 Å². The Balaban J connectivity index is 1.59. The van der Waals surface area contributed by atoms with Crippen molar-refractivity contribution < 1.29 is 9.13 Å². The molecule has 0 aliphatic rings. The molecule has 2 N–H and O–H groups in total. The fourth-order valence-corrected chi connectivity index (χ4v) is 2.75. The summed E-state index contributed by atoms with van der Waals surface area (Å²) >= 11 is 0. The second-order valence-electron chi connectivity index (χ2n) is 6.12. The number of anilines is 1. The smallest absolute Gasteiger partial charge is 0.234 e. The Morgan fingerprint density at radius 1 is 1.12 bits per heavy atom. The van der Waals surface area contributed by atoms with E-state index < -0.39 is 0 Å². The van der Waals surface area contributed by atoms with Crippen LogP contribution >= 0.6 is 0 Å². The van der Waals surface area contributed by atoms with Gasteiger partial charge in [-0.1, -0.05) is 11.6 Å². The van der Waals surface area contributed by atoms with Gasteiger partial charge in [0.05, 0.1) is 5.69 Å². The highest BCUT2D eigenvalue weighted by Gasteiger charge is 2.08. The van der Waals surface area contributed by atoms with Crippen LogP contribution < -0.4 is 10.5 Å². The Hall–Kier alpha value is -3.41. The van der Waals surface area contributed by atoms with Crippen LogP contribution in [0.4, 0.5) is 10.1 Å². The highest BCUT2D eigenvalue weighted by Crippen LogP contribution is 2.26. The van der Waals surface area contributed by atoms with E-state index >= 15 is 0 Å². The van der Waals surface area contributed by atoms with E-state index in [1.54, 1.807) is 18.3 Å². The molecule has 0 aliphatic carbocycles. The molecule has 2 heterocycles. The molecule has 0 bridgehead atoms. The van der Waals surface area contributed by atoms with Gasteiger partial charge < -0.3 is 10.5 Å². The maximum absolute atomic E-state index is 12.9. The van der Waals surface area contributed by atoms with E-state index in [1.807, 2.05) is 41.9 Å². The van der Waals surface area contributed by atoms with Crippen molar-refractivity contribution in [1.82, 2.24) is 14.4 Å². The third kappa shape index (κ3) is 3.21. The van der Waals surface area contributed by atoms with E-state index in [-0.39, 0.29) is 12.4 Å². The Labute approximate surface area is 149 Å². The molecule has 0 spiro atoms. The maximum atomic E-state index is 12.9. The highest BCUT2D eigenvalue weighted by atomic mass is 19.1. The molecule has 0 unspecified atom stereocenters.